The van der Waals surface area contributed by atoms with E-state index >= 15 is 0 Å². The quantitative estimate of drug-likeness (QED) is 0.803. The smallest absolute Gasteiger partial charge is 0.289 e. The number of pyridine rings is 2. The van der Waals surface area contributed by atoms with Gasteiger partial charge in [0.05, 0.1) is 10.3 Å². The van der Waals surface area contributed by atoms with Gasteiger partial charge in [-0.1, -0.05) is 23.4 Å². The van der Waals surface area contributed by atoms with Crippen LogP contribution >= 0.6 is 23.4 Å². The van der Waals surface area contributed by atoms with Crippen molar-refractivity contribution in [2.75, 3.05) is 11.1 Å². The van der Waals surface area contributed by atoms with Gasteiger partial charge in [-0.05, 0) is 25.1 Å². The Kier molecular flexibility index (Phi) is 5.59. The third-order valence-corrected chi connectivity index (χ3v) is 4.30. The van der Waals surface area contributed by atoms with Gasteiger partial charge in [-0.25, -0.2) is 9.97 Å². The molecule has 4 N–H and O–H groups in total. The summed E-state index contributed by atoms with van der Waals surface area (Å²) in [4.78, 5) is 19.0. The number of nitriles is 2. The van der Waals surface area contributed by atoms with E-state index in [1.54, 1.807) is 19.1 Å². The second kappa shape index (κ2) is 7.64. The van der Waals surface area contributed by atoms with Crippen molar-refractivity contribution in [3.05, 3.63) is 40.5 Å². The van der Waals surface area contributed by atoms with Gasteiger partial charge in [0.2, 0.25) is 5.91 Å². The van der Waals surface area contributed by atoms with Crippen LogP contribution in [0.25, 0.3) is 0 Å². The molecule has 0 aliphatic heterocycles. The van der Waals surface area contributed by atoms with Crippen LogP contribution < -0.4 is 16.0 Å². The summed E-state index contributed by atoms with van der Waals surface area (Å²) in [7, 11) is 0. The zero-order valence-corrected chi connectivity index (χ0v) is 14.1. The number of anilines is 2. The summed E-state index contributed by atoms with van der Waals surface area (Å²) >= 11 is 6.87. The first-order chi connectivity index (χ1) is 11.4. The number of nitrogens with two attached hydrogens (primary N) is 1. The number of carbonyl (C=O) groups excluding carboxylic acids is 1. The Labute approximate surface area is 147 Å². The Morgan fingerprint density at radius 3 is 2.71 bits per heavy atom. The van der Waals surface area contributed by atoms with E-state index < -0.39 is 5.25 Å². The number of nitrogens with zero attached hydrogens (tertiary/aromatic N) is 3. The Balaban J connectivity index is 2.14. The molecule has 1 amide bonds. The molecule has 120 valence electrons. The number of H-pyrrole nitrogens is 1. The van der Waals surface area contributed by atoms with Crippen LogP contribution in [0.2, 0.25) is 5.02 Å². The van der Waals surface area contributed by atoms with Gasteiger partial charge >= 0.3 is 0 Å². The average Bonchev–Trinajstić information content (AvgIpc) is 2.57. The number of nitrogen functional groups attached to an aromatic ring is 1. The molecule has 2 aromatic heterocycles. The molecule has 0 saturated carbocycles. The van der Waals surface area contributed by atoms with Crippen molar-refractivity contribution in [2.45, 2.75) is 17.2 Å². The fraction of sp³-hybridized carbons (Fsp3) is 0.133. The maximum absolute atomic E-state index is 12.2. The van der Waals surface area contributed by atoms with Crippen LogP contribution in [0.5, 0.6) is 0 Å². The topological polar surface area (TPSA) is 130 Å². The van der Waals surface area contributed by atoms with E-state index in [9.17, 15) is 10.1 Å². The number of aromatic amines is 1. The molecular weight excluding hydrogens is 348 g/mol. The van der Waals surface area contributed by atoms with Gasteiger partial charge in [0.15, 0.2) is 5.03 Å². The summed E-state index contributed by atoms with van der Waals surface area (Å²) in [5.74, 6) is 0.224. The Hall–Kier alpha value is -2.81. The van der Waals surface area contributed by atoms with E-state index in [1.165, 1.54) is 12.3 Å². The van der Waals surface area contributed by atoms with Crippen LogP contribution in [0.3, 0.4) is 0 Å². The zero-order valence-electron chi connectivity index (χ0n) is 12.5. The lowest BCUT2D eigenvalue weighted by atomic mass is 10.2. The maximum atomic E-state index is 12.2. The second-order valence-corrected chi connectivity index (χ2v) is 6.46. The maximum Gasteiger partial charge on any atom is 0.289 e. The van der Waals surface area contributed by atoms with E-state index in [0.29, 0.717) is 15.9 Å². The number of amides is 1. The van der Waals surface area contributed by atoms with E-state index in [-0.39, 0.29) is 22.9 Å². The van der Waals surface area contributed by atoms with E-state index in [2.05, 4.69) is 15.3 Å². The summed E-state index contributed by atoms with van der Waals surface area (Å²) in [6.45, 7) is 1.68. The molecular formula is C15H12ClN6OS+. The molecule has 1 atom stereocenters. The lowest BCUT2D eigenvalue weighted by molar-refractivity contribution is -0.410. The Morgan fingerprint density at radius 2 is 2.12 bits per heavy atom. The molecule has 0 radical (unpaired) electrons. The molecule has 2 heterocycles. The van der Waals surface area contributed by atoms with E-state index in [0.717, 1.165) is 11.8 Å². The largest absolute Gasteiger partial charge is 0.310 e. The lowest BCUT2D eigenvalue weighted by Crippen LogP contribution is -2.25. The van der Waals surface area contributed by atoms with Crippen LogP contribution in [-0.4, -0.2) is 16.1 Å². The van der Waals surface area contributed by atoms with Gasteiger partial charge in [0, 0.05) is 6.20 Å². The van der Waals surface area contributed by atoms with Gasteiger partial charge in [-0.3, -0.25) is 10.5 Å². The highest BCUT2D eigenvalue weighted by atomic mass is 35.5. The number of aromatic nitrogens is 2. The molecule has 0 spiro atoms. The number of halogens is 1. The molecule has 7 nitrogen and oxygen atoms in total. The van der Waals surface area contributed by atoms with E-state index in [1.807, 2.05) is 12.1 Å². The predicted octanol–water partition coefficient (Wildman–Crippen LogP) is 1.99. The van der Waals surface area contributed by atoms with Gasteiger partial charge in [-0.2, -0.15) is 10.5 Å². The van der Waals surface area contributed by atoms with Crippen molar-refractivity contribution in [2.24, 2.45) is 0 Å². The summed E-state index contributed by atoms with van der Waals surface area (Å²) in [5.41, 5.74) is 6.15. The predicted molar refractivity (Wildman–Crippen MR) is 90.0 cm³/mol. The standard InChI is InChI=1S/C15H11ClN6OS/c1-8(14(23)21-12-3-2-11(16)7-20-12)24-15-10(6-18)4-9(5-17)13(19)22-15/h2-4,7-8H,1H3,(H2,19,22)(H,20,21,23)/p+1/t8-/m0/s1. The minimum Gasteiger partial charge on any atom is -0.310 e. The molecule has 9 heteroatoms. The van der Waals surface area contributed by atoms with Crippen molar-refractivity contribution >= 4 is 40.9 Å². The minimum absolute atomic E-state index is 0.144. The fourth-order valence-corrected chi connectivity index (χ4v) is 2.75. The van der Waals surface area contributed by atoms with Crippen LogP contribution in [-0.2, 0) is 4.79 Å². The first-order valence-electron chi connectivity index (χ1n) is 6.69. The van der Waals surface area contributed by atoms with Crippen molar-refractivity contribution in [1.82, 2.24) is 4.98 Å². The Bertz CT molecular complexity index is 856. The summed E-state index contributed by atoms with van der Waals surface area (Å²) in [6, 6.07) is 8.47. The molecule has 0 aliphatic rings. The monoisotopic (exact) mass is 359 g/mol. The highest BCUT2D eigenvalue weighted by Gasteiger charge is 2.21. The van der Waals surface area contributed by atoms with Gasteiger partial charge in [0.1, 0.15) is 29.1 Å². The van der Waals surface area contributed by atoms with Crippen LogP contribution in [0.15, 0.2) is 29.4 Å². The molecule has 24 heavy (non-hydrogen) atoms. The fourth-order valence-electron chi connectivity index (χ4n) is 1.72. The van der Waals surface area contributed by atoms with Crippen LogP contribution in [0.1, 0.15) is 18.1 Å². The molecule has 0 bridgehead atoms. The van der Waals surface area contributed by atoms with Crippen molar-refractivity contribution in [1.29, 1.82) is 10.5 Å². The number of hydrogen-bond acceptors (Lipinski definition) is 6. The second-order valence-electron chi connectivity index (χ2n) is 4.67. The number of thioether (sulfide) groups is 1. The SMILES string of the molecule is C[C@H](Sc1[nH+]c(N)c(C#N)cc1C#N)C(=O)Nc1ccc(Cl)cn1. The number of rotatable bonds is 4. The van der Waals surface area contributed by atoms with Gasteiger partial charge in [0.25, 0.3) is 5.82 Å². The normalized spacial score (nSPS) is 11.2. The molecule has 0 fully saturated rings. The first-order valence-corrected chi connectivity index (χ1v) is 7.95. The Morgan fingerprint density at radius 1 is 1.42 bits per heavy atom. The number of carbonyl (C=O) groups is 1. The van der Waals surface area contributed by atoms with Crippen LogP contribution in [0, 0.1) is 22.7 Å². The highest BCUT2D eigenvalue weighted by Crippen LogP contribution is 2.25. The van der Waals surface area contributed by atoms with Crippen molar-refractivity contribution < 1.29 is 9.78 Å². The van der Waals surface area contributed by atoms with Gasteiger partial charge < -0.3 is 5.32 Å². The molecule has 0 unspecified atom stereocenters. The van der Waals surface area contributed by atoms with Crippen LogP contribution in [0.4, 0.5) is 11.6 Å². The highest BCUT2D eigenvalue weighted by molar-refractivity contribution is 8.00. The minimum atomic E-state index is -0.529. The zero-order chi connectivity index (χ0) is 17.7. The molecule has 0 saturated heterocycles. The van der Waals surface area contributed by atoms with Crippen molar-refractivity contribution in [3.63, 3.8) is 0 Å². The van der Waals surface area contributed by atoms with Crippen molar-refractivity contribution in [3.8, 4) is 12.1 Å². The molecule has 2 aromatic rings. The van der Waals surface area contributed by atoms with Gasteiger partial charge in [-0.15, -0.1) is 0 Å². The number of nitrogens with one attached hydrogen (secondary N) is 2. The van der Waals surface area contributed by atoms with E-state index in [4.69, 9.17) is 22.6 Å². The molecule has 2 rings (SSSR count). The summed E-state index contributed by atoms with van der Waals surface area (Å²) in [5, 5.41) is 21.1. The lowest BCUT2D eigenvalue weighted by Gasteiger charge is -2.11. The number of hydrogen-bond donors (Lipinski definition) is 2. The summed E-state index contributed by atoms with van der Waals surface area (Å²) in [6.07, 6.45) is 1.43. The third kappa shape index (κ3) is 4.13. The third-order valence-electron chi connectivity index (χ3n) is 2.96. The summed E-state index contributed by atoms with van der Waals surface area (Å²) < 4.78 is 0. The molecule has 0 aromatic carbocycles. The average molecular weight is 360 g/mol. The molecule has 0 aliphatic carbocycles. The first kappa shape index (κ1) is 17.5.